The molecule has 0 aliphatic carbocycles. The summed E-state index contributed by atoms with van der Waals surface area (Å²) in [4.78, 5) is 16.3. The Kier molecular flexibility index (Phi) is 2.91. The Morgan fingerprint density at radius 3 is 2.69 bits per heavy atom. The summed E-state index contributed by atoms with van der Waals surface area (Å²) in [5.74, 6) is 0. The van der Waals surface area contributed by atoms with Crippen LogP contribution in [0.2, 0.25) is 10.3 Å². The van der Waals surface area contributed by atoms with Crippen LogP contribution >= 0.6 is 23.2 Å². The molecule has 16 heavy (non-hydrogen) atoms. The van der Waals surface area contributed by atoms with E-state index in [-0.39, 0.29) is 10.8 Å². The SMILES string of the molecule is CCn1c(Cl)nc2c(Cl)ccc(C)c2c1=O. The van der Waals surface area contributed by atoms with Crippen LogP contribution in [0.1, 0.15) is 12.5 Å². The van der Waals surface area contributed by atoms with Crippen molar-refractivity contribution in [3.63, 3.8) is 0 Å². The number of hydrogen-bond donors (Lipinski definition) is 0. The largest absolute Gasteiger partial charge is 0.283 e. The number of nitrogens with zero attached hydrogens (tertiary/aromatic N) is 2. The predicted octanol–water partition coefficient (Wildman–Crippen LogP) is 3.03. The van der Waals surface area contributed by atoms with Crippen molar-refractivity contribution in [3.8, 4) is 0 Å². The molecule has 0 unspecified atom stereocenters. The van der Waals surface area contributed by atoms with E-state index in [9.17, 15) is 4.79 Å². The molecule has 0 aliphatic heterocycles. The average Bonchev–Trinajstić information content (AvgIpc) is 2.24. The van der Waals surface area contributed by atoms with Crippen LogP contribution in [0.15, 0.2) is 16.9 Å². The van der Waals surface area contributed by atoms with E-state index in [1.165, 1.54) is 4.57 Å². The number of fused-ring (bicyclic) bond motifs is 1. The van der Waals surface area contributed by atoms with E-state index in [2.05, 4.69) is 4.98 Å². The summed E-state index contributed by atoms with van der Waals surface area (Å²) in [5.41, 5.74) is 1.19. The van der Waals surface area contributed by atoms with Crippen molar-refractivity contribution >= 4 is 34.1 Å². The Labute approximate surface area is 103 Å². The minimum atomic E-state index is -0.141. The maximum Gasteiger partial charge on any atom is 0.262 e. The lowest BCUT2D eigenvalue weighted by molar-refractivity contribution is 0.718. The van der Waals surface area contributed by atoms with Gasteiger partial charge in [-0.25, -0.2) is 4.98 Å². The van der Waals surface area contributed by atoms with Crippen LogP contribution in [0.4, 0.5) is 0 Å². The van der Waals surface area contributed by atoms with Gasteiger partial charge in [-0.2, -0.15) is 0 Å². The molecule has 0 spiro atoms. The summed E-state index contributed by atoms with van der Waals surface area (Å²) in [6, 6.07) is 3.53. The molecule has 3 nitrogen and oxygen atoms in total. The Hall–Kier alpha value is -1.06. The van der Waals surface area contributed by atoms with Gasteiger partial charge in [-0.1, -0.05) is 17.7 Å². The summed E-state index contributed by atoms with van der Waals surface area (Å²) in [6.07, 6.45) is 0. The first-order valence-corrected chi connectivity index (χ1v) is 5.67. The fourth-order valence-electron chi connectivity index (χ4n) is 1.69. The molecule has 0 fully saturated rings. The summed E-state index contributed by atoms with van der Waals surface area (Å²) in [7, 11) is 0. The highest BCUT2D eigenvalue weighted by Gasteiger charge is 2.12. The molecular weight excluding hydrogens is 247 g/mol. The van der Waals surface area contributed by atoms with Gasteiger partial charge in [0.15, 0.2) is 0 Å². The van der Waals surface area contributed by atoms with Crippen molar-refractivity contribution in [2.45, 2.75) is 20.4 Å². The summed E-state index contributed by atoms with van der Waals surface area (Å²) >= 11 is 11.9. The maximum absolute atomic E-state index is 12.1. The van der Waals surface area contributed by atoms with Crippen LogP contribution in [-0.2, 0) is 6.54 Å². The molecule has 0 N–H and O–H groups in total. The van der Waals surface area contributed by atoms with Gasteiger partial charge in [0.1, 0.15) is 0 Å². The highest BCUT2D eigenvalue weighted by Crippen LogP contribution is 2.23. The molecule has 2 rings (SSSR count). The molecule has 0 bridgehead atoms. The molecule has 0 saturated heterocycles. The van der Waals surface area contributed by atoms with Crippen molar-refractivity contribution in [2.24, 2.45) is 0 Å². The second-order valence-electron chi connectivity index (χ2n) is 3.52. The third-order valence-corrected chi connectivity index (χ3v) is 3.13. The first kappa shape index (κ1) is 11.4. The normalized spacial score (nSPS) is 11.0. The Balaban J connectivity index is 3.05. The van der Waals surface area contributed by atoms with Crippen LogP contribution in [-0.4, -0.2) is 9.55 Å². The quantitative estimate of drug-likeness (QED) is 0.736. The molecule has 0 atom stereocenters. The lowest BCUT2D eigenvalue weighted by atomic mass is 10.1. The van der Waals surface area contributed by atoms with Crippen LogP contribution < -0.4 is 5.56 Å². The van der Waals surface area contributed by atoms with Crippen molar-refractivity contribution < 1.29 is 0 Å². The molecule has 1 heterocycles. The summed E-state index contributed by atoms with van der Waals surface area (Å²) in [6.45, 7) is 4.20. The van der Waals surface area contributed by atoms with Crippen LogP contribution in [0.5, 0.6) is 0 Å². The fraction of sp³-hybridized carbons (Fsp3) is 0.273. The number of rotatable bonds is 1. The van der Waals surface area contributed by atoms with Gasteiger partial charge >= 0.3 is 0 Å². The van der Waals surface area contributed by atoms with E-state index < -0.39 is 0 Å². The topological polar surface area (TPSA) is 34.9 Å². The standard InChI is InChI=1S/C11H10Cl2N2O/c1-3-15-10(16)8-6(2)4-5-7(12)9(8)14-11(15)13/h4-5H,3H2,1-2H3. The summed E-state index contributed by atoms with van der Waals surface area (Å²) < 4.78 is 1.42. The number of hydrogen-bond acceptors (Lipinski definition) is 2. The second-order valence-corrected chi connectivity index (χ2v) is 4.26. The van der Waals surface area contributed by atoms with Gasteiger partial charge in [-0.05, 0) is 37.1 Å². The molecule has 84 valence electrons. The zero-order valence-electron chi connectivity index (χ0n) is 8.92. The van der Waals surface area contributed by atoms with Gasteiger partial charge in [0, 0.05) is 6.54 Å². The molecule has 0 radical (unpaired) electrons. The van der Waals surface area contributed by atoms with Gasteiger partial charge in [-0.3, -0.25) is 9.36 Å². The zero-order chi connectivity index (χ0) is 11.9. The molecule has 2 aromatic rings. The van der Waals surface area contributed by atoms with Crippen LogP contribution in [0.25, 0.3) is 10.9 Å². The number of aryl methyl sites for hydroxylation is 1. The summed E-state index contributed by atoms with van der Waals surface area (Å²) in [5, 5.41) is 1.16. The first-order valence-electron chi connectivity index (χ1n) is 4.91. The molecule has 1 aromatic carbocycles. The lowest BCUT2D eigenvalue weighted by Gasteiger charge is -2.08. The minimum absolute atomic E-state index is 0.141. The smallest absolute Gasteiger partial charge is 0.262 e. The Bertz CT molecular complexity index is 619. The number of benzene rings is 1. The maximum atomic E-state index is 12.1. The van der Waals surface area contributed by atoms with Gasteiger partial charge in [0.25, 0.3) is 5.56 Å². The lowest BCUT2D eigenvalue weighted by Crippen LogP contribution is -2.22. The van der Waals surface area contributed by atoms with Crippen molar-refractivity contribution in [1.82, 2.24) is 9.55 Å². The average molecular weight is 257 g/mol. The minimum Gasteiger partial charge on any atom is -0.283 e. The molecule has 5 heteroatoms. The molecule has 0 aliphatic rings. The first-order chi connectivity index (χ1) is 7.56. The predicted molar refractivity (Wildman–Crippen MR) is 66.4 cm³/mol. The zero-order valence-corrected chi connectivity index (χ0v) is 10.4. The second kappa shape index (κ2) is 4.07. The van der Waals surface area contributed by atoms with E-state index in [0.29, 0.717) is 22.5 Å². The molecule has 0 amide bonds. The van der Waals surface area contributed by atoms with E-state index in [0.717, 1.165) is 5.56 Å². The van der Waals surface area contributed by atoms with Gasteiger partial charge in [0.05, 0.1) is 15.9 Å². The third kappa shape index (κ3) is 1.60. The van der Waals surface area contributed by atoms with Gasteiger partial charge in [0.2, 0.25) is 5.28 Å². The van der Waals surface area contributed by atoms with Crippen LogP contribution in [0.3, 0.4) is 0 Å². The molecule has 0 saturated carbocycles. The van der Waals surface area contributed by atoms with Crippen molar-refractivity contribution in [2.75, 3.05) is 0 Å². The number of halogens is 2. The highest BCUT2D eigenvalue weighted by atomic mass is 35.5. The van der Waals surface area contributed by atoms with E-state index in [1.54, 1.807) is 6.07 Å². The Morgan fingerprint density at radius 1 is 1.38 bits per heavy atom. The van der Waals surface area contributed by atoms with E-state index >= 15 is 0 Å². The van der Waals surface area contributed by atoms with Crippen molar-refractivity contribution in [3.05, 3.63) is 38.4 Å². The van der Waals surface area contributed by atoms with E-state index in [1.807, 2.05) is 19.9 Å². The monoisotopic (exact) mass is 256 g/mol. The van der Waals surface area contributed by atoms with Gasteiger partial charge < -0.3 is 0 Å². The number of aromatic nitrogens is 2. The van der Waals surface area contributed by atoms with Crippen LogP contribution in [0, 0.1) is 6.92 Å². The van der Waals surface area contributed by atoms with Gasteiger partial charge in [-0.15, -0.1) is 0 Å². The fourth-order valence-corrected chi connectivity index (χ4v) is 2.17. The highest BCUT2D eigenvalue weighted by molar-refractivity contribution is 6.35. The van der Waals surface area contributed by atoms with E-state index in [4.69, 9.17) is 23.2 Å². The Morgan fingerprint density at radius 2 is 2.06 bits per heavy atom. The third-order valence-electron chi connectivity index (χ3n) is 2.54. The van der Waals surface area contributed by atoms with Crippen molar-refractivity contribution in [1.29, 1.82) is 0 Å². The molecular formula is C11H10Cl2N2O. The molecule has 1 aromatic heterocycles.